The summed E-state index contributed by atoms with van der Waals surface area (Å²) in [6.07, 6.45) is 0. The van der Waals surface area contributed by atoms with Crippen molar-refractivity contribution in [1.29, 1.82) is 0 Å². The molecule has 0 fully saturated rings. The standard InChI is InChI=1S/C49H32N2O2/c1-49(2)39-19-11-10-18-37(39)46-40(49)23-25-44-47(46)53-43-24-21-31(27-45(43)52-44)42-28-41(50-48(51-42)29-12-4-3-5-13-29)30-20-22-36-34-16-7-6-14-32(34)33-15-8-9-17-35(33)38(36)26-30/h3-28H,1-2H3. The van der Waals surface area contributed by atoms with Gasteiger partial charge in [0.2, 0.25) is 0 Å². The molecule has 0 amide bonds. The number of rotatable bonds is 3. The summed E-state index contributed by atoms with van der Waals surface area (Å²) in [6.45, 7) is 4.55. The Morgan fingerprint density at radius 2 is 1.00 bits per heavy atom. The molecule has 0 N–H and O–H groups in total. The van der Waals surface area contributed by atoms with E-state index in [1.165, 1.54) is 49.0 Å². The molecular weight excluding hydrogens is 649 g/mol. The summed E-state index contributed by atoms with van der Waals surface area (Å²) in [5.74, 6) is 3.49. The molecule has 4 heteroatoms. The highest BCUT2D eigenvalue weighted by atomic mass is 16.6. The van der Waals surface area contributed by atoms with Gasteiger partial charge in [0, 0.05) is 27.7 Å². The molecule has 250 valence electrons. The van der Waals surface area contributed by atoms with Crippen LogP contribution in [0.5, 0.6) is 23.0 Å². The Hall–Kier alpha value is -6.78. The van der Waals surface area contributed by atoms with E-state index in [9.17, 15) is 0 Å². The van der Waals surface area contributed by atoms with Crippen molar-refractivity contribution in [3.05, 3.63) is 169 Å². The molecule has 2 aliphatic rings. The van der Waals surface area contributed by atoms with Gasteiger partial charge in [-0.15, -0.1) is 0 Å². The zero-order valence-electron chi connectivity index (χ0n) is 29.2. The average molecular weight is 681 g/mol. The maximum absolute atomic E-state index is 6.70. The van der Waals surface area contributed by atoms with Crippen molar-refractivity contribution >= 4 is 32.3 Å². The van der Waals surface area contributed by atoms with Crippen LogP contribution in [-0.2, 0) is 5.41 Å². The number of aromatic nitrogens is 2. The molecule has 11 rings (SSSR count). The van der Waals surface area contributed by atoms with Gasteiger partial charge in [0.05, 0.1) is 11.4 Å². The second-order valence-corrected chi connectivity index (χ2v) is 14.5. The first-order chi connectivity index (χ1) is 26.0. The lowest BCUT2D eigenvalue weighted by Crippen LogP contribution is -2.15. The second kappa shape index (κ2) is 11.1. The Morgan fingerprint density at radius 1 is 0.415 bits per heavy atom. The van der Waals surface area contributed by atoms with Gasteiger partial charge in [-0.2, -0.15) is 0 Å². The summed E-state index contributed by atoms with van der Waals surface area (Å²) >= 11 is 0. The summed E-state index contributed by atoms with van der Waals surface area (Å²) in [5, 5.41) is 7.41. The SMILES string of the molecule is CC1(C)c2ccccc2-c2c1ccc1c2Oc2ccc(-c3cc(-c4ccc5c6ccccc6c6ccccc6c5c4)nc(-c4ccccc4)n3)cc2O1. The van der Waals surface area contributed by atoms with E-state index in [1.54, 1.807) is 0 Å². The van der Waals surface area contributed by atoms with Gasteiger partial charge in [0.1, 0.15) is 0 Å². The van der Waals surface area contributed by atoms with Crippen LogP contribution in [0.25, 0.3) is 77.3 Å². The maximum Gasteiger partial charge on any atom is 0.178 e. The molecule has 0 spiro atoms. The predicted octanol–water partition coefficient (Wildman–Crippen LogP) is 13.1. The third-order valence-corrected chi connectivity index (χ3v) is 11.1. The van der Waals surface area contributed by atoms with E-state index in [-0.39, 0.29) is 5.41 Å². The molecule has 0 atom stereocenters. The first kappa shape index (κ1) is 29.9. The van der Waals surface area contributed by atoms with E-state index in [1.807, 2.05) is 36.4 Å². The molecule has 0 radical (unpaired) electrons. The molecule has 1 aromatic heterocycles. The first-order valence-corrected chi connectivity index (χ1v) is 18.1. The predicted molar refractivity (Wildman–Crippen MR) is 215 cm³/mol. The Balaban J connectivity index is 1.04. The monoisotopic (exact) mass is 680 g/mol. The van der Waals surface area contributed by atoms with Crippen molar-refractivity contribution in [3.63, 3.8) is 0 Å². The minimum absolute atomic E-state index is 0.123. The smallest absolute Gasteiger partial charge is 0.178 e. The van der Waals surface area contributed by atoms with Gasteiger partial charge >= 0.3 is 0 Å². The van der Waals surface area contributed by atoms with Crippen LogP contribution >= 0.6 is 0 Å². The number of fused-ring (bicyclic) bond motifs is 12. The number of hydrogen-bond donors (Lipinski definition) is 0. The third kappa shape index (κ3) is 4.49. The summed E-state index contributed by atoms with van der Waals surface area (Å²) < 4.78 is 13.3. The fourth-order valence-electron chi connectivity index (χ4n) is 8.51. The average Bonchev–Trinajstić information content (AvgIpc) is 3.46. The molecule has 0 unspecified atom stereocenters. The highest BCUT2D eigenvalue weighted by Crippen LogP contribution is 2.58. The van der Waals surface area contributed by atoms with Crippen LogP contribution in [0, 0.1) is 0 Å². The molecule has 0 bridgehead atoms. The summed E-state index contributed by atoms with van der Waals surface area (Å²) in [7, 11) is 0. The summed E-state index contributed by atoms with van der Waals surface area (Å²) in [6, 6.07) is 55.2. The quantitative estimate of drug-likeness (QED) is 0.174. The molecule has 0 saturated heterocycles. The number of hydrogen-bond acceptors (Lipinski definition) is 4. The van der Waals surface area contributed by atoms with Crippen LogP contribution in [0.15, 0.2) is 158 Å². The van der Waals surface area contributed by atoms with Crippen LogP contribution in [0.2, 0.25) is 0 Å². The zero-order valence-corrected chi connectivity index (χ0v) is 29.2. The minimum atomic E-state index is -0.123. The summed E-state index contributed by atoms with van der Waals surface area (Å²) in [5.41, 5.74) is 9.30. The Bertz CT molecular complexity index is 2950. The van der Waals surface area contributed by atoms with E-state index in [0.29, 0.717) is 23.1 Å². The van der Waals surface area contributed by atoms with Crippen molar-refractivity contribution in [1.82, 2.24) is 9.97 Å². The largest absolute Gasteiger partial charge is 0.449 e. The van der Waals surface area contributed by atoms with Crippen LogP contribution in [0.3, 0.4) is 0 Å². The molecule has 0 saturated carbocycles. The molecule has 2 heterocycles. The molecular formula is C49H32N2O2. The van der Waals surface area contributed by atoms with Gasteiger partial charge in [-0.1, -0.05) is 135 Å². The van der Waals surface area contributed by atoms with Gasteiger partial charge in [0.15, 0.2) is 28.8 Å². The van der Waals surface area contributed by atoms with E-state index in [0.717, 1.165) is 39.4 Å². The fraction of sp³-hybridized carbons (Fsp3) is 0.0612. The molecule has 8 aromatic carbocycles. The molecule has 4 nitrogen and oxygen atoms in total. The van der Waals surface area contributed by atoms with E-state index in [4.69, 9.17) is 19.4 Å². The number of nitrogens with zero attached hydrogens (tertiary/aromatic N) is 2. The number of benzene rings is 8. The Kier molecular flexibility index (Phi) is 6.27. The Morgan fingerprint density at radius 3 is 1.74 bits per heavy atom. The lowest BCUT2D eigenvalue weighted by molar-refractivity contribution is 0.360. The zero-order chi connectivity index (χ0) is 35.3. The molecule has 1 aliphatic carbocycles. The van der Waals surface area contributed by atoms with E-state index < -0.39 is 0 Å². The van der Waals surface area contributed by atoms with E-state index >= 15 is 0 Å². The lowest BCUT2D eigenvalue weighted by atomic mass is 9.82. The van der Waals surface area contributed by atoms with Crippen LogP contribution in [0.4, 0.5) is 0 Å². The number of ether oxygens (including phenoxy) is 2. The van der Waals surface area contributed by atoms with Crippen molar-refractivity contribution < 1.29 is 9.47 Å². The van der Waals surface area contributed by atoms with Crippen molar-refractivity contribution in [3.8, 4) is 68.0 Å². The van der Waals surface area contributed by atoms with Gasteiger partial charge in [0.25, 0.3) is 0 Å². The topological polar surface area (TPSA) is 44.2 Å². The first-order valence-electron chi connectivity index (χ1n) is 18.1. The highest BCUT2D eigenvalue weighted by molar-refractivity contribution is 6.25. The Labute approximate surface area is 307 Å². The highest BCUT2D eigenvalue weighted by Gasteiger charge is 2.39. The minimum Gasteiger partial charge on any atom is -0.449 e. The summed E-state index contributed by atoms with van der Waals surface area (Å²) in [4.78, 5) is 10.3. The van der Waals surface area contributed by atoms with Gasteiger partial charge in [-0.05, 0) is 85.4 Å². The van der Waals surface area contributed by atoms with Crippen LogP contribution in [0.1, 0.15) is 25.0 Å². The third-order valence-electron chi connectivity index (χ3n) is 11.1. The molecule has 1 aliphatic heterocycles. The normalized spacial score (nSPS) is 13.5. The van der Waals surface area contributed by atoms with Crippen molar-refractivity contribution in [2.24, 2.45) is 0 Å². The fourth-order valence-corrected chi connectivity index (χ4v) is 8.51. The van der Waals surface area contributed by atoms with Crippen LogP contribution in [-0.4, -0.2) is 9.97 Å². The van der Waals surface area contributed by atoms with Gasteiger partial charge in [-0.25, -0.2) is 9.97 Å². The van der Waals surface area contributed by atoms with Gasteiger partial charge < -0.3 is 9.47 Å². The van der Waals surface area contributed by atoms with Crippen molar-refractivity contribution in [2.75, 3.05) is 0 Å². The lowest BCUT2D eigenvalue weighted by Gasteiger charge is -2.25. The van der Waals surface area contributed by atoms with Crippen LogP contribution < -0.4 is 9.47 Å². The maximum atomic E-state index is 6.70. The molecule has 53 heavy (non-hydrogen) atoms. The van der Waals surface area contributed by atoms with Crippen molar-refractivity contribution in [2.45, 2.75) is 19.3 Å². The molecule has 9 aromatic rings. The second-order valence-electron chi connectivity index (χ2n) is 14.5. The van der Waals surface area contributed by atoms with Gasteiger partial charge in [-0.3, -0.25) is 0 Å². The van der Waals surface area contributed by atoms with E-state index in [2.05, 4.69) is 135 Å².